The second kappa shape index (κ2) is 7.86. The van der Waals surface area contributed by atoms with E-state index in [1.54, 1.807) is 18.2 Å². The Morgan fingerprint density at radius 3 is 2.81 bits per heavy atom. The summed E-state index contributed by atoms with van der Waals surface area (Å²) in [7, 11) is 1.28. The van der Waals surface area contributed by atoms with Crippen molar-refractivity contribution in [2.75, 3.05) is 13.7 Å². The smallest absolute Gasteiger partial charge is 0.410 e. The average molecular weight is 421 g/mol. The molecular formula is C19H18BrFN2O3. The predicted molar refractivity (Wildman–Crippen MR) is 97.9 cm³/mol. The summed E-state index contributed by atoms with van der Waals surface area (Å²) < 4.78 is 19.4. The number of methoxy groups -OCH3 is 1. The first-order chi connectivity index (χ1) is 12.5. The van der Waals surface area contributed by atoms with E-state index in [9.17, 15) is 14.0 Å². The fourth-order valence-electron chi connectivity index (χ4n) is 3.10. The molecule has 0 saturated carbocycles. The van der Waals surface area contributed by atoms with E-state index in [2.05, 4.69) is 21.2 Å². The van der Waals surface area contributed by atoms with E-state index in [4.69, 9.17) is 4.74 Å². The van der Waals surface area contributed by atoms with Crippen LogP contribution >= 0.6 is 15.9 Å². The third-order valence-electron chi connectivity index (χ3n) is 4.40. The van der Waals surface area contributed by atoms with Crippen molar-refractivity contribution < 1.29 is 18.7 Å². The van der Waals surface area contributed by atoms with Gasteiger partial charge < -0.3 is 10.1 Å². The van der Waals surface area contributed by atoms with E-state index in [0.29, 0.717) is 18.5 Å². The van der Waals surface area contributed by atoms with Gasteiger partial charge in [0.05, 0.1) is 7.11 Å². The summed E-state index contributed by atoms with van der Waals surface area (Å²) in [6.45, 7) is 0.416. The number of halogens is 2. The van der Waals surface area contributed by atoms with Gasteiger partial charge in [0.2, 0.25) is 5.91 Å². The summed E-state index contributed by atoms with van der Waals surface area (Å²) >= 11 is 3.41. The molecule has 5 nitrogen and oxygen atoms in total. The fourth-order valence-corrected chi connectivity index (χ4v) is 3.48. The van der Waals surface area contributed by atoms with Crippen molar-refractivity contribution in [3.05, 3.63) is 69.4 Å². The molecule has 1 unspecified atom stereocenters. The molecule has 0 aromatic heterocycles. The Morgan fingerprint density at radius 2 is 2.08 bits per heavy atom. The van der Waals surface area contributed by atoms with Gasteiger partial charge in [-0.3, -0.25) is 9.69 Å². The number of benzene rings is 2. The van der Waals surface area contributed by atoms with Crippen molar-refractivity contribution in [2.45, 2.75) is 19.0 Å². The lowest BCUT2D eigenvalue weighted by Crippen LogP contribution is -2.47. The molecule has 1 atom stereocenters. The molecule has 2 aromatic carbocycles. The molecule has 136 valence electrons. The van der Waals surface area contributed by atoms with Crippen LogP contribution in [0.4, 0.5) is 9.18 Å². The highest BCUT2D eigenvalue weighted by atomic mass is 79.9. The number of ether oxygens (including phenoxy) is 1. The fraction of sp³-hybridized carbons (Fsp3) is 0.263. The first-order valence-electron chi connectivity index (χ1n) is 8.15. The second-order valence-corrected chi connectivity index (χ2v) is 6.88. The van der Waals surface area contributed by atoms with Gasteiger partial charge in [0, 0.05) is 23.1 Å². The number of hydrogen-bond donors (Lipinski definition) is 1. The van der Waals surface area contributed by atoms with Gasteiger partial charge >= 0.3 is 6.09 Å². The van der Waals surface area contributed by atoms with Gasteiger partial charge in [-0.25, -0.2) is 9.18 Å². The number of nitrogens with one attached hydrogen (secondary N) is 1. The molecule has 0 fully saturated rings. The molecule has 0 bridgehead atoms. The molecule has 0 spiro atoms. The van der Waals surface area contributed by atoms with Gasteiger partial charge in [0.1, 0.15) is 11.9 Å². The highest BCUT2D eigenvalue weighted by Gasteiger charge is 2.36. The number of carbonyl (C=O) groups excluding carboxylic acids is 2. The normalized spacial score (nSPS) is 16.0. The number of fused-ring (bicyclic) bond motifs is 1. The topological polar surface area (TPSA) is 58.6 Å². The predicted octanol–water partition coefficient (Wildman–Crippen LogP) is 3.57. The van der Waals surface area contributed by atoms with Crippen LogP contribution in [0.2, 0.25) is 0 Å². The van der Waals surface area contributed by atoms with Crippen LogP contribution in [0.3, 0.4) is 0 Å². The monoisotopic (exact) mass is 420 g/mol. The molecule has 1 aliphatic heterocycles. The molecule has 0 aliphatic carbocycles. The number of hydrogen-bond acceptors (Lipinski definition) is 3. The average Bonchev–Trinajstić information content (AvgIpc) is 2.65. The third-order valence-corrected chi connectivity index (χ3v) is 4.90. The lowest BCUT2D eigenvalue weighted by molar-refractivity contribution is -0.126. The van der Waals surface area contributed by atoms with Gasteiger partial charge in [-0.05, 0) is 35.7 Å². The Hall–Kier alpha value is -2.41. The van der Waals surface area contributed by atoms with E-state index >= 15 is 0 Å². The summed E-state index contributed by atoms with van der Waals surface area (Å²) in [5, 5.41) is 2.74. The lowest BCUT2D eigenvalue weighted by atomic mass is 9.92. The van der Waals surface area contributed by atoms with Crippen LogP contribution in [0.15, 0.2) is 46.9 Å². The minimum atomic E-state index is -0.824. The molecule has 2 amide bonds. The van der Waals surface area contributed by atoms with Gasteiger partial charge in [0.25, 0.3) is 0 Å². The summed E-state index contributed by atoms with van der Waals surface area (Å²) in [5.41, 5.74) is 2.12. The maximum atomic E-state index is 13.8. The maximum absolute atomic E-state index is 13.8. The molecule has 0 saturated heterocycles. The summed E-state index contributed by atoms with van der Waals surface area (Å²) in [4.78, 5) is 26.4. The Bertz CT molecular complexity index is 843. The minimum absolute atomic E-state index is 0.0420. The standard InChI is InChI=1S/C19H18BrFN2O3/c1-26-19(25)23-9-8-12-6-7-14(20)10-15(12)17(23)18(24)22-11-13-4-2-3-5-16(13)21/h2-7,10,17H,8-9,11H2,1H3,(H,22,24). The quantitative estimate of drug-likeness (QED) is 0.825. The number of rotatable bonds is 3. The zero-order valence-electron chi connectivity index (χ0n) is 14.2. The van der Waals surface area contributed by atoms with Crippen LogP contribution in [-0.4, -0.2) is 30.6 Å². The first-order valence-corrected chi connectivity index (χ1v) is 8.94. The summed E-state index contributed by atoms with van der Waals surface area (Å²) in [6.07, 6.45) is 0.0658. The zero-order chi connectivity index (χ0) is 18.7. The zero-order valence-corrected chi connectivity index (χ0v) is 15.8. The van der Waals surface area contributed by atoms with E-state index < -0.39 is 12.1 Å². The minimum Gasteiger partial charge on any atom is -0.453 e. The summed E-state index contributed by atoms with van der Waals surface area (Å²) in [5.74, 6) is -0.762. The van der Waals surface area contributed by atoms with Crippen LogP contribution in [0.25, 0.3) is 0 Å². The number of carbonyl (C=O) groups is 2. The number of nitrogens with zero attached hydrogens (tertiary/aromatic N) is 1. The van der Waals surface area contributed by atoms with Gasteiger partial charge in [-0.1, -0.05) is 40.2 Å². The SMILES string of the molecule is COC(=O)N1CCc2ccc(Br)cc2C1C(=O)NCc1ccccc1F. The Labute approximate surface area is 159 Å². The van der Waals surface area contributed by atoms with E-state index in [1.165, 1.54) is 18.1 Å². The van der Waals surface area contributed by atoms with Crippen molar-refractivity contribution in [3.8, 4) is 0 Å². The van der Waals surface area contributed by atoms with E-state index in [0.717, 1.165) is 15.6 Å². The summed E-state index contributed by atoms with van der Waals surface area (Å²) in [6, 6.07) is 11.1. The highest BCUT2D eigenvalue weighted by Crippen LogP contribution is 2.32. The molecule has 0 radical (unpaired) electrons. The molecular weight excluding hydrogens is 403 g/mol. The van der Waals surface area contributed by atoms with Crippen LogP contribution in [0, 0.1) is 5.82 Å². The number of amides is 2. The van der Waals surface area contributed by atoms with Crippen molar-refractivity contribution in [3.63, 3.8) is 0 Å². The Kier molecular flexibility index (Phi) is 5.56. The first kappa shape index (κ1) is 18.4. The van der Waals surface area contributed by atoms with Gasteiger partial charge in [0.15, 0.2) is 0 Å². The molecule has 26 heavy (non-hydrogen) atoms. The molecule has 1 aliphatic rings. The molecule has 3 rings (SSSR count). The largest absolute Gasteiger partial charge is 0.453 e. The third kappa shape index (κ3) is 3.72. The van der Waals surface area contributed by atoms with Crippen LogP contribution in [0.1, 0.15) is 22.7 Å². The van der Waals surface area contributed by atoms with Crippen LogP contribution in [-0.2, 0) is 22.5 Å². The van der Waals surface area contributed by atoms with Crippen molar-refractivity contribution in [1.29, 1.82) is 0 Å². The van der Waals surface area contributed by atoms with Crippen LogP contribution < -0.4 is 5.32 Å². The van der Waals surface area contributed by atoms with E-state index in [-0.39, 0.29) is 18.3 Å². The molecule has 2 aromatic rings. The maximum Gasteiger partial charge on any atom is 0.410 e. The van der Waals surface area contributed by atoms with E-state index in [1.807, 2.05) is 18.2 Å². The molecule has 1 heterocycles. The van der Waals surface area contributed by atoms with Crippen molar-refractivity contribution >= 4 is 27.9 Å². The lowest BCUT2D eigenvalue weighted by Gasteiger charge is -2.35. The Morgan fingerprint density at radius 1 is 1.31 bits per heavy atom. The highest BCUT2D eigenvalue weighted by molar-refractivity contribution is 9.10. The molecule has 1 N–H and O–H groups in total. The van der Waals surface area contributed by atoms with Gasteiger partial charge in [-0.2, -0.15) is 0 Å². The molecule has 7 heteroatoms. The second-order valence-electron chi connectivity index (χ2n) is 5.97. The van der Waals surface area contributed by atoms with Crippen LogP contribution in [0.5, 0.6) is 0 Å². The van der Waals surface area contributed by atoms with Crippen molar-refractivity contribution in [1.82, 2.24) is 10.2 Å². The van der Waals surface area contributed by atoms with Crippen molar-refractivity contribution in [2.24, 2.45) is 0 Å². The van der Waals surface area contributed by atoms with Gasteiger partial charge in [-0.15, -0.1) is 0 Å². The Balaban J connectivity index is 1.88.